The number of anilines is 1. The van der Waals surface area contributed by atoms with Crippen LogP contribution in [0.2, 0.25) is 0 Å². The van der Waals surface area contributed by atoms with Crippen molar-refractivity contribution in [2.24, 2.45) is 0 Å². The van der Waals surface area contributed by atoms with Crippen LogP contribution in [-0.4, -0.2) is 37.3 Å². The molecule has 2 heterocycles. The quantitative estimate of drug-likeness (QED) is 0.620. The standard InChI is InChI=1S/C9H12N5O3/c1-5(2-15)17-4-14-3-11-6-7(14)12-9(10)13-8(6)16/h3,5,15H,1-2,4H2,(H3,10,12,13,16)/t5-/m1/s1. The molecule has 8 nitrogen and oxygen atoms in total. The summed E-state index contributed by atoms with van der Waals surface area (Å²) in [7, 11) is 0. The van der Waals surface area contributed by atoms with Crippen molar-refractivity contribution in [2.45, 2.75) is 12.8 Å². The smallest absolute Gasteiger partial charge is 0.280 e. The molecule has 0 spiro atoms. The number of aliphatic hydroxyl groups excluding tert-OH is 1. The summed E-state index contributed by atoms with van der Waals surface area (Å²) in [4.78, 5) is 21.7. The summed E-state index contributed by atoms with van der Waals surface area (Å²) in [5.41, 5.74) is 5.55. The van der Waals surface area contributed by atoms with Crippen LogP contribution in [0.3, 0.4) is 0 Å². The first-order chi connectivity index (χ1) is 8.11. The average molecular weight is 238 g/mol. The summed E-state index contributed by atoms with van der Waals surface area (Å²) < 4.78 is 6.70. The van der Waals surface area contributed by atoms with E-state index in [2.05, 4.69) is 21.9 Å². The maximum atomic E-state index is 11.5. The number of imidazole rings is 1. The molecule has 8 heteroatoms. The summed E-state index contributed by atoms with van der Waals surface area (Å²) >= 11 is 0. The van der Waals surface area contributed by atoms with Gasteiger partial charge < -0.3 is 15.6 Å². The van der Waals surface area contributed by atoms with Crippen LogP contribution in [0.5, 0.6) is 0 Å². The second kappa shape index (κ2) is 4.52. The van der Waals surface area contributed by atoms with E-state index >= 15 is 0 Å². The van der Waals surface area contributed by atoms with E-state index in [0.717, 1.165) is 0 Å². The Labute approximate surface area is 96.1 Å². The molecule has 0 aromatic carbocycles. The van der Waals surface area contributed by atoms with Crippen molar-refractivity contribution >= 4 is 17.1 Å². The minimum absolute atomic E-state index is 0.0116. The predicted molar refractivity (Wildman–Crippen MR) is 59.9 cm³/mol. The van der Waals surface area contributed by atoms with Crippen LogP contribution in [0.15, 0.2) is 11.1 Å². The van der Waals surface area contributed by atoms with Crippen molar-refractivity contribution in [1.29, 1.82) is 0 Å². The fourth-order valence-corrected chi connectivity index (χ4v) is 1.30. The average Bonchev–Trinajstić information content (AvgIpc) is 2.69. The lowest BCUT2D eigenvalue weighted by Gasteiger charge is -2.10. The number of aromatic amines is 1. The summed E-state index contributed by atoms with van der Waals surface area (Å²) in [6.45, 7) is 3.44. The highest BCUT2D eigenvalue weighted by Gasteiger charge is 2.09. The molecule has 0 amide bonds. The highest BCUT2D eigenvalue weighted by atomic mass is 16.5. The van der Waals surface area contributed by atoms with E-state index in [1.54, 1.807) is 0 Å². The van der Waals surface area contributed by atoms with Crippen molar-refractivity contribution in [1.82, 2.24) is 19.5 Å². The molecule has 0 aliphatic rings. The molecule has 0 unspecified atom stereocenters. The van der Waals surface area contributed by atoms with Gasteiger partial charge in [0.1, 0.15) is 6.73 Å². The van der Waals surface area contributed by atoms with E-state index in [-0.39, 0.29) is 24.8 Å². The highest BCUT2D eigenvalue weighted by Crippen LogP contribution is 2.06. The van der Waals surface area contributed by atoms with Gasteiger partial charge in [0.2, 0.25) is 5.95 Å². The molecule has 0 fully saturated rings. The maximum Gasteiger partial charge on any atom is 0.280 e. The van der Waals surface area contributed by atoms with Gasteiger partial charge in [-0.3, -0.25) is 14.3 Å². The van der Waals surface area contributed by atoms with E-state index < -0.39 is 11.7 Å². The minimum atomic E-state index is -0.549. The number of nitrogen functional groups attached to an aromatic ring is 1. The van der Waals surface area contributed by atoms with Crippen molar-refractivity contribution in [3.05, 3.63) is 23.6 Å². The Morgan fingerprint density at radius 3 is 3.18 bits per heavy atom. The van der Waals surface area contributed by atoms with Gasteiger partial charge in [0.25, 0.3) is 5.56 Å². The van der Waals surface area contributed by atoms with Crippen LogP contribution < -0.4 is 11.3 Å². The third kappa shape index (κ3) is 2.27. The van der Waals surface area contributed by atoms with Crippen LogP contribution in [0, 0.1) is 6.92 Å². The normalized spacial score (nSPS) is 13.1. The Bertz CT molecular complexity index is 576. The number of nitrogens with two attached hydrogens (primary N) is 1. The van der Waals surface area contributed by atoms with Crippen molar-refractivity contribution < 1.29 is 9.84 Å². The molecule has 17 heavy (non-hydrogen) atoms. The molecule has 0 saturated heterocycles. The van der Waals surface area contributed by atoms with Crippen molar-refractivity contribution in [3.63, 3.8) is 0 Å². The number of rotatable bonds is 4. The van der Waals surface area contributed by atoms with E-state index in [4.69, 9.17) is 15.6 Å². The maximum absolute atomic E-state index is 11.5. The number of nitrogens with zero attached hydrogens (tertiary/aromatic N) is 3. The van der Waals surface area contributed by atoms with Gasteiger partial charge in [-0.1, -0.05) is 0 Å². The molecule has 0 bridgehead atoms. The molecule has 0 aliphatic heterocycles. The Kier molecular flexibility index (Phi) is 3.07. The van der Waals surface area contributed by atoms with Crippen LogP contribution in [0.4, 0.5) is 5.95 Å². The zero-order valence-corrected chi connectivity index (χ0v) is 8.96. The number of H-pyrrole nitrogens is 1. The first kappa shape index (κ1) is 11.6. The van der Waals surface area contributed by atoms with E-state index in [9.17, 15) is 4.79 Å². The molecule has 91 valence electrons. The fraction of sp³-hybridized carbons (Fsp3) is 0.333. The van der Waals surface area contributed by atoms with Gasteiger partial charge in [-0.25, -0.2) is 4.98 Å². The Balaban J connectivity index is 2.33. The van der Waals surface area contributed by atoms with E-state index in [0.29, 0.717) is 5.65 Å². The monoisotopic (exact) mass is 238 g/mol. The number of hydrogen-bond acceptors (Lipinski definition) is 6. The van der Waals surface area contributed by atoms with Crippen molar-refractivity contribution in [3.8, 4) is 0 Å². The number of fused-ring (bicyclic) bond motifs is 1. The molecule has 2 aromatic rings. The van der Waals surface area contributed by atoms with Gasteiger partial charge >= 0.3 is 0 Å². The van der Waals surface area contributed by atoms with Crippen LogP contribution in [0.1, 0.15) is 0 Å². The molecular weight excluding hydrogens is 226 g/mol. The van der Waals surface area contributed by atoms with Crippen LogP contribution in [0.25, 0.3) is 11.2 Å². The van der Waals surface area contributed by atoms with Crippen LogP contribution >= 0.6 is 0 Å². The first-order valence-corrected chi connectivity index (χ1v) is 4.88. The van der Waals surface area contributed by atoms with Crippen LogP contribution in [-0.2, 0) is 11.5 Å². The molecule has 0 saturated carbocycles. The second-order valence-corrected chi connectivity index (χ2v) is 3.44. The lowest BCUT2D eigenvalue weighted by molar-refractivity contribution is 0.00303. The van der Waals surface area contributed by atoms with E-state index in [1.165, 1.54) is 10.9 Å². The summed E-state index contributed by atoms with van der Waals surface area (Å²) in [5, 5.41) is 8.76. The van der Waals surface area contributed by atoms with Gasteiger partial charge in [0, 0.05) is 0 Å². The van der Waals surface area contributed by atoms with Gasteiger partial charge in [-0.15, -0.1) is 0 Å². The topological polar surface area (TPSA) is 119 Å². The SMILES string of the molecule is [CH2][C@H](CO)OCn1cnc2c(=O)[nH]c(N)nc21. The van der Waals surface area contributed by atoms with Gasteiger partial charge in [0.05, 0.1) is 19.0 Å². The summed E-state index contributed by atoms with van der Waals surface area (Å²) in [5.74, 6) is 0.0116. The molecule has 1 atom stereocenters. The third-order valence-corrected chi connectivity index (χ3v) is 2.15. The Hall–Kier alpha value is -1.93. The number of nitrogens with one attached hydrogen (secondary N) is 1. The zero-order valence-electron chi connectivity index (χ0n) is 8.96. The lowest BCUT2D eigenvalue weighted by Crippen LogP contribution is -2.17. The summed E-state index contributed by atoms with van der Waals surface area (Å²) in [6, 6.07) is 0. The Morgan fingerprint density at radius 1 is 1.71 bits per heavy atom. The molecule has 0 aliphatic carbocycles. The second-order valence-electron chi connectivity index (χ2n) is 3.44. The molecule has 1 radical (unpaired) electrons. The third-order valence-electron chi connectivity index (χ3n) is 2.15. The first-order valence-electron chi connectivity index (χ1n) is 4.88. The van der Waals surface area contributed by atoms with Gasteiger partial charge in [-0.2, -0.15) is 4.98 Å². The van der Waals surface area contributed by atoms with Gasteiger partial charge in [-0.05, 0) is 6.92 Å². The minimum Gasteiger partial charge on any atom is -0.394 e. The van der Waals surface area contributed by atoms with Gasteiger partial charge in [0.15, 0.2) is 11.2 Å². The fourth-order valence-electron chi connectivity index (χ4n) is 1.30. The van der Waals surface area contributed by atoms with Crippen molar-refractivity contribution in [2.75, 3.05) is 12.3 Å². The summed E-state index contributed by atoms with van der Waals surface area (Å²) in [6.07, 6.45) is 0.864. The number of hydrogen-bond donors (Lipinski definition) is 3. The molecule has 2 aromatic heterocycles. The molecular formula is C9H12N5O3. The number of ether oxygens (including phenoxy) is 1. The molecule has 2 rings (SSSR count). The highest BCUT2D eigenvalue weighted by molar-refractivity contribution is 5.70. The molecule has 4 N–H and O–H groups in total. The number of aromatic nitrogens is 4. The van der Waals surface area contributed by atoms with E-state index in [1.807, 2.05) is 0 Å². The Morgan fingerprint density at radius 2 is 2.47 bits per heavy atom. The zero-order chi connectivity index (χ0) is 12.4. The predicted octanol–water partition coefficient (Wildman–Crippen LogP) is -1.13. The number of aliphatic hydroxyl groups is 1. The lowest BCUT2D eigenvalue weighted by atomic mass is 10.4. The largest absolute Gasteiger partial charge is 0.394 e.